The van der Waals surface area contributed by atoms with Gasteiger partial charge in [-0.3, -0.25) is 9.52 Å². The monoisotopic (exact) mass is 503 g/mol. The molecule has 0 radical (unpaired) electrons. The van der Waals surface area contributed by atoms with Crippen LogP contribution in [0.25, 0.3) is 0 Å². The number of rotatable bonds is 7. The summed E-state index contributed by atoms with van der Waals surface area (Å²) < 4.78 is 78.5. The van der Waals surface area contributed by atoms with Crippen LogP contribution in [-0.4, -0.2) is 51.7 Å². The molecule has 1 fully saturated rings. The molecule has 0 bridgehead atoms. The zero-order chi connectivity index (χ0) is 25.1. The number of nitrogens with zero attached hydrogens (tertiary/aromatic N) is 2. The molecule has 2 aromatic rings. The molecule has 1 saturated heterocycles. The highest BCUT2D eigenvalue weighted by Gasteiger charge is 2.34. The van der Waals surface area contributed by atoms with Crippen molar-refractivity contribution in [3.8, 4) is 0 Å². The number of carbonyl (C=O) groups excluding carboxylic acids is 1. The Morgan fingerprint density at radius 2 is 1.88 bits per heavy atom. The van der Waals surface area contributed by atoms with Gasteiger partial charge in [0.25, 0.3) is 0 Å². The van der Waals surface area contributed by atoms with Gasteiger partial charge in [-0.15, -0.1) is 0 Å². The average molecular weight is 504 g/mol. The van der Waals surface area contributed by atoms with E-state index in [0.29, 0.717) is 37.3 Å². The number of hydrogen-bond acceptors (Lipinski definition) is 6. The number of aromatic nitrogens is 1. The van der Waals surface area contributed by atoms with Gasteiger partial charge < -0.3 is 15.5 Å². The van der Waals surface area contributed by atoms with E-state index in [4.69, 9.17) is 0 Å². The summed E-state index contributed by atoms with van der Waals surface area (Å²) in [7, 11) is -3.67. The summed E-state index contributed by atoms with van der Waals surface area (Å²) in [6.45, 7) is 3.60. The van der Waals surface area contributed by atoms with Crippen LogP contribution in [0.15, 0.2) is 30.3 Å². The maximum Gasteiger partial charge on any atom is 0.433 e. The number of benzene rings is 1. The standard InChI is InChI=1S/C21H25F4N5O3S/c1-13(14-3-5-17(16(22)11-14)29-34(2,32)33)20(31)27-12-15-4-6-18(21(23,24)25)28-19(15)30-9-7-26-8-10-30/h3-6,11,13,26,29H,7-10,12H2,1-2H3,(H,27,31). The SMILES string of the molecule is CC(C(=O)NCc1ccc(C(F)(F)F)nc1N1CCNCC1)c1ccc(NS(C)(=O)=O)c(F)c1. The zero-order valence-corrected chi connectivity index (χ0v) is 19.4. The molecule has 13 heteroatoms. The van der Waals surface area contributed by atoms with Gasteiger partial charge in [-0.1, -0.05) is 12.1 Å². The molecular formula is C21H25F4N5O3S. The Balaban J connectivity index is 1.75. The molecule has 8 nitrogen and oxygen atoms in total. The molecule has 1 aromatic carbocycles. The van der Waals surface area contributed by atoms with Crippen LogP contribution in [-0.2, 0) is 27.5 Å². The van der Waals surface area contributed by atoms with E-state index in [1.807, 2.05) is 4.72 Å². The molecule has 1 atom stereocenters. The molecule has 34 heavy (non-hydrogen) atoms. The molecule has 1 amide bonds. The first-order valence-corrected chi connectivity index (χ1v) is 12.3. The third-order valence-electron chi connectivity index (χ3n) is 5.30. The summed E-state index contributed by atoms with van der Waals surface area (Å²) in [4.78, 5) is 18.2. The van der Waals surface area contributed by atoms with E-state index in [1.54, 1.807) is 4.90 Å². The number of piperazine rings is 1. The molecule has 1 aliphatic heterocycles. The molecule has 186 valence electrons. The van der Waals surface area contributed by atoms with Crippen LogP contribution in [0.5, 0.6) is 0 Å². The largest absolute Gasteiger partial charge is 0.433 e. The van der Waals surface area contributed by atoms with E-state index in [0.717, 1.165) is 18.4 Å². The summed E-state index contributed by atoms with van der Waals surface area (Å²) in [5, 5.41) is 5.79. The van der Waals surface area contributed by atoms with Crippen molar-refractivity contribution in [2.24, 2.45) is 0 Å². The molecule has 0 spiro atoms. The summed E-state index contributed by atoms with van der Waals surface area (Å²) >= 11 is 0. The number of amides is 1. The lowest BCUT2D eigenvalue weighted by Crippen LogP contribution is -2.44. The summed E-state index contributed by atoms with van der Waals surface area (Å²) in [6.07, 6.45) is -3.71. The summed E-state index contributed by atoms with van der Waals surface area (Å²) in [5.41, 5.74) is -0.519. The second kappa shape index (κ2) is 10.1. The van der Waals surface area contributed by atoms with Gasteiger partial charge in [0, 0.05) is 38.3 Å². The van der Waals surface area contributed by atoms with Crippen LogP contribution in [0.3, 0.4) is 0 Å². The smallest absolute Gasteiger partial charge is 0.354 e. The Hall–Kier alpha value is -2.93. The number of alkyl halides is 3. The van der Waals surface area contributed by atoms with E-state index in [9.17, 15) is 30.8 Å². The fourth-order valence-electron chi connectivity index (χ4n) is 3.49. The lowest BCUT2D eigenvalue weighted by Gasteiger charge is -2.30. The van der Waals surface area contributed by atoms with Crippen molar-refractivity contribution in [2.75, 3.05) is 42.1 Å². The number of anilines is 2. The van der Waals surface area contributed by atoms with Gasteiger partial charge in [-0.25, -0.2) is 17.8 Å². The van der Waals surface area contributed by atoms with Gasteiger partial charge in [-0.2, -0.15) is 13.2 Å². The first kappa shape index (κ1) is 25.7. The Morgan fingerprint density at radius 3 is 2.47 bits per heavy atom. The topological polar surface area (TPSA) is 103 Å². The van der Waals surface area contributed by atoms with Crippen LogP contribution >= 0.6 is 0 Å². The van der Waals surface area contributed by atoms with E-state index < -0.39 is 39.5 Å². The molecular weight excluding hydrogens is 478 g/mol. The van der Waals surface area contributed by atoms with Crippen LogP contribution in [0.4, 0.5) is 29.1 Å². The van der Waals surface area contributed by atoms with Crippen molar-refractivity contribution in [3.63, 3.8) is 0 Å². The van der Waals surface area contributed by atoms with E-state index in [1.165, 1.54) is 25.1 Å². The highest BCUT2D eigenvalue weighted by Crippen LogP contribution is 2.31. The molecule has 1 aliphatic rings. The van der Waals surface area contributed by atoms with Crippen LogP contribution in [0, 0.1) is 5.82 Å². The maximum absolute atomic E-state index is 14.3. The Morgan fingerprint density at radius 1 is 1.21 bits per heavy atom. The molecule has 0 aliphatic carbocycles. The lowest BCUT2D eigenvalue weighted by atomic mass is 9.99. The molecule has 1 aromatic heterocycles. The maximum atomic E-state index is 14.3. The van der Waals surface area contributed by atoms with Gasteiger partial charge in [0.1, 0.15) is 17.3 Å². The molecule has 3 rings (SSSR count). The van der Waals surface area contributed by atoms with Crippen molar-refractivity contribution in [3.05, 3.63) is 53.0 Å². The minimum atomic E-state index is -4.60. The zero-order valence-electron chi connectivity index (χ0n) is 18.5. The van der Waals surface area contributed by atoms with Crippen molar-refractivity contribution in [1.82, 2.24) is 15.6 Å². The number of pyridine rings is 1. The molecule has 0 saturated carbocycles. The van der Waals surface area contributed by atoms with Crippen molar-refractivity contribution in [2.45, 2.75) is 25.6 Å². The second-order valence-corrected chi connectivity index (χ2v) is 9.72. The van der Waals surface area contributed by atoms with Crippen LogP contribution < -0.4 is 20.3 Å². The number of halogens is 4. The normalized spacial score (nSPS) is 15.6. The predicted octanol–water partition coefficient (Wildman–Crippen LogP) is 2.44. The quantitative estimate of drug-likeness (QED) is 0.502. The minimum Gasteiger partial charge on any atom is -0.354 e. The minimum absolute atomic E-state index is 0.0657. The third kappa shape index (κ3) is 6.56. The van der Waals surface area contributed by atoms with E-state index in [-0.39, 0.29) is 18.1 Å². The number of sulfonamides is 1. The van der Waals surface area contributed by atoms with Gasteiger partial charge in [0.05, 0.1) is 17.9 Å². The predicted molar refractivity (Wildman–Crippen MR) is 119 cm³/mol. The van der Waals surface area contributed by atoms with Gasteiger partial charge in [0.15, 0.2) is 0 Å². The van der Waals surface area contributed by atoms with Gasteiger partial charge in [0.2, 0.25) is 15.9 Å². The second-order valence-electron chi connectivity index (χ2n) is 7.97. The Kier molecular flexibility index (Phi) is 7.66. The Labute approximate surface area is 194 Å². The summed E-state index contributed by atoms with van der Waals surface area (Å²) in [5.74, 6) is -1.96. The fourth-order valence-corrected chi connectivity index (χ4v) is 4.06. The molecule has 2 heterocycles. The van der Waals surface area contributed by atoms with Gasteiger partial charge >= 0.3 is 6.18 Å². The number of carbonyl (C=O) groups is 1. The highest BCUT2D eigenvalue weighted by molar-refractivity contribution is 7.92. The van der Waals surface area contributed by atoms with Crippen molar-refractivity contribution < 1.29 is 30.8 Å². The highest BCUT2D eigenvalue weighted by atomic mass is 32.2. The third-order valence-corrected chi connectivity index (χ3v) is 5.89. The van der Waals surface area contributed by atoms with Crippen LogP contribution in [0.1, 0.15) is 29.7 Å². The number of nitrogens with one attached hydrogen (secondary N) is 3. The summed E-state index contributed by atoms with van der Waals surface area (Å²) in [6, 6.07) is 5.87. The first-order chi connectivity index (χ1) is 15.8. The number of hydrogen-bond donors (Lipinski definition) is 3. The fraction of sp³-hybridized carbons (Fsp3) is 0.429. The molecule has 1 unspecified atom stereocenters. The Bertz CT molecular complexity index is 1150. The van der Waals surface area contributed by atoms with Crippen molar-refractivity contribution in [1.29, 1.82) is 0 Å². The van der Waals surface area contributed by atoms with E-state index >= 15 is 0 Å². The van der Waals surface area contributed by atoms with E-state index in [2.05, 4.69) is 15.6 Å². The first-order valence-electron chi connectivity index (χ1n) is 10.4. The average Bonchev–Trinajstić information content (AvgIpc) is 2.77. The van der Waals surface area contributed by atoms with Gasteiger partial charge in [-0.05, 0) is 30.7 Å². The molecule has 3 N–H and O–H groups in total. The lowest BCUT2D eigenvalue weighted by molar-refractivity contribution is -0.141. The van der Waals surface area contributed by atoms with Crippen LogP contribution in [0.2, 0.25) is 0 Å². The van der Waals surface area contributed by atoms with Crippen molar-refractivity contribution >= 4 is 27.4 Å².